The molecule has 1 aliphatic rings. The average Bonchev–Trinajstić information content (AvgIpc) is 3.52. The molecular formula is C37H48Ir2N2Si2-2. The Labute approximate surface area is 299 Å². The standard InChI is InChI=1S/C19H24NSi.C18H24NSi.2Ir/c1-21(2,3)19-14-20-18(16-11-5-4-6-12-16)13-17(19)15-9-7-8-10-15;1-14(2)11-16-12-17(15-9-7-6-8-10-15)19-13-18(16)20(3,4)5;;/h4-6,11,13-15H,7-10H2,1-3H3;6-9,12-14H,11H2,1-5H3;;/q2*-1;;/i4D,5D,6D;6D,7D,8D;;. The van der Waals surface area contributed by atoms with Gasteiger partial charge in [-0.3, -0.25) is 0 Å². The maximum absolute atomic E-state index is 7.86. The van der Waals surface area contributed by atoms with Crippen LogP contribution in [0.3, 0.4) is 0 Å². The number of nitrogens with zero attached hydrogens (tertiary/aromatic N) is 2. The predicted octanol–water partition coefficient (Wildman–Crippen LogP) is 9.04. The molecule has 2 radical (unpaired) electrons. The summed E-state index contributed by atoms with van der Waals surface area (Å²) in [6.45, 7) is 18.4. The van der Waals surface area contributed by atoms with E-state index >= 15 is 0 Å². The van der Waals surface area contributed by atoms with Gasteiger partial charge in [0.15, 0.2) is 0 Å². The molecule has 1 fully saturated rings. The van der Waals surface area contributed by atoms with Crippen molar-refractivity contribution in [2.45, 2.75) is 91.2 Å². The largest absolute Gasteiger partial charge is 0.305 e. The van der Waals surface area contributed by atoms with Gasteiger partial charge < -0.3 is 9.97 Å². The summed E-state index contributed by atoms with van der Waals surface area (Å²) in [4.78, 5) is 9.21. The molecule has 0 amide bonds. The Balaban J connectivity index is 0.000000327. The number of hydrogen-bond acceptors (Lipinski definition) is 2. The van der Waals surface area contributed by atoms with E-state index in [-0.39, 0.29) is 76.5 Å². The molecule has 1 aliphatic carbocycles. The van der Waals surface area contributed by atoms with E-state index in [2.05, 4.69) is 87.4 Å². The fourth-order valence-corrected chi connectivity index (χ4v) is 8.77. The molecule has 0 spiro atoms. The zero-order valence-electron chi connectivity index (χ0n) is 32.7. The van der Waals surface area contributed by atoms with Gasteiger partial charge in [-0.2, -0.15) is 0 Å². The molecule has 234 valence electrons. The Morgan fingerprint density at radius 3 is 1.72 bits per heavy atom. The third-order valence-corrected chi connectivity index (χ3v) is 11.7. The van der Waals surface area contributed by atoms with E-state index in [1.165, 1.54) is 47.2 Å². The zero-order chi connectivity index (χ0) is 34.8. The molecule has 0 saturated heterocycles. The zero-order valence-corrected chi connectivity index (χ0v) is 33.5. The predicted molar refractivity (Wildman–Crippen MR) is 183 cm³/mol. The third-order valence-electron chi connectivity index (χ3n) is 7.61. The Bertz CT molecular complexity index is 1700. The minimum atomic E-state index is -1.48. The number of aromatic nitrogens is 2. The summed E-state index contributed by atoms with van der Waals surface area (Å²) in [5.41, 5.74) is 5.53. The number of benzene rings is 2. The maximum atomic E-state index is 7.86. The van der Waals surface area contributed by atoms with Crippen LogP contribution in [0.4, 0.5) is 0 Å². The molecular weight excluding hydrogens is 913 g/mol. The van der Waals surface area contributed by atoms with Crippen LogP contribution in [0.2, 0.25) is 39.3 Å². The molecule has 0 unspecified atom stereocenters. The summed E-state index contributed by atoms with van der Waals surface area (Å²) in [5, 5.41) is 2.79. The van der Waals surface area contributed by atoms with Crippen LogP contribution in [0.15, 0.2) is 72.9 Å². The summed E-state index contributed by atoms with van der Waals surface area (Å²) >= 11 is 0. The van der Waals surface area contributed by atoms with Crippen LogP contribution in [0.5, 0.6) is 0 Å². The van der Waals surface area contributed by atoms with Crippen molar-refractivity contribution in [1.29, 1.82) is 0 Å². The van der Waals surface area contributed by atoms with Crippen LogP contribution in [-0.4, -0.2) is 26.1 Å². The van der Waals surface area contributed by atoms with Gasteiger partial charge in [0.2, 0.25) is 0 Å². The topological polar surface area (TPSA) is 25.8 Å². The first-order valence-electron chi connectivity index (χ1n) is 17.9. The first-order chi connectivity index (χ1) is 21.9. The van der Waals surface area contributed by atoms with Gasteiger partial charge in [0.05, 0.1) is 16.1 Å². The third kappa shape index (κ3) is 10.5. The second-order valence-electron chi connectivity index (χ2n) is 13.6. The first-order valence-corrected chi connectivity index (χ1v) is 21.9. The van der Waals surface area contributed by atoms with E-state index in [0.29, 0.717) is 23.0 Å². The molecule has 0 bridgehead atoms. The molecule has 4 aromatic rings. The average molecular weight is 967 g/mol. The molecule has 5 rings (SSSR count). The molecule has 1 saturated carbocycles. The fraction of sp³-hybridized carbons (Fsp3) is 0.405. The van der Waals surface area contributed by atoms with Crippen molar-refractivity contribution in [2.75, 3.05) is 0 Å². The summed E-state index contributed by atoms with van der Waals surface area (Å²) in [5.74, 6) is 1.16. The summed E-state index contributed by atoms with van der Waals surface area (Å²) in [7, 11) is -2.95. The van der Waals surface area contributed by atoms with Gasteiger partial charge in [-0.15, -0.1) is 71.6 Å². The van der Waals surface area contributed by atoms with E-state index in [4.69, 9.17) is 8.22 Å². The minimum Gasteiger partial charge on any atom is -0.305 e. The Morgan fingerprint density at radius 1 is 0.767 bits per heavy atom. The Kier molecular flexibility index (Phi) is 11.2. The minimum absolute atomic E-state index is 0. The van der Waals surface area contributed by atoms with Gasteiger partial charge in [-0.1, -0.05) is 89.2 Å². The first kappa shape index (κ1) is 28.9. The fourth-order valence-electron chi connectivity index (χ4n) is 5.58. The smallest absolute Gasteiger partial charge is 0.0799 e. The van der Waals surface area contributed by atoms with E-state index in [9.17, 15) is 0 Å². The van der Waals surface area contributed by atoms with Gasteiger partial charge in [0, 0.05) is 58.1 Å². The van der Waals surface area contributed by atoms with Crippen molar-refractivity contribution in [3.8, 4) is 22.5 Å². The molecule has 0 aliphatic heterocycles. The normalized spacial score (nSPS) is 15.5. The van der Waals surface area contributed by atoms with Crippen molar-refractivity contribution < 1.29 is 48.4 Å². The van der Waals surface area contributed by atoms with Crippen molar-refractivity contribution >= 4 is 26.5 Å². The molecule has 0 atom stereocenters. The van der Waals surface area contributed by atoms with E-state index < -0.39 is 16.1 Å². The van der Waals surface area contributed by atoms with E-state index in [1.54, 1.807) is 12.1 Å². The molecule has 2 nitrogen and oxygen atoms in total. The van der Waals surface area contributed by atoms with Crippen LogP contribution >= 0.6 is 0 Å². The summed E-state index contributed by atoms with van der Waals surface area (Å²) < 4.78 is 46.6. The molecule has 0 N–H and O–H groups in total. The van der Waals surface area contributed by atoms with Gasteiger partial charge in [0.1, 0.15) is 0 Å². The van der Waals surface area contributed by atoms with Crippen LogP contribution in [0.25, 0.3) is 22.5 Å². The second kappa shape index (κ2) is 16.7. The van der Waals surface area contributed by atoms with Crippen LogP contribution in [-0.2, 0) is 46.6 Å². The van der Waals surface area contributed by atoms with Crippen LogP contribution < -0.4 is 10.4 Å². The second-order valence-corrected chi connectivity index (χ2v) is 23.7. The quantitative estimate of drug-likeness (QED) is 0.137. The van der Waals surface area contributed by atoms with Crippen molar-refractivity contribution in [3.05, 3.63) is 96.2 Å². The summed E-state index contributed by atoms with van der Waals surface area (Å²) in [6.07, 6.45) is 10.0. The SMILES string of the molecule is [2H]c1[c-]c(-c2cc(C3CCCC3)c([Si](C)(C)C)cn2)cc([2H])c1[2H].[2H]c1[c-]c(-c2cc(CC(C)C)c([Si](C)(C)C)cn2)cc([2H])c1[2H].[Ir].[Ir]. The van der Waals surface area contributed by atoms with Crippen LogP contribution in [0.1, 0.15) is 64.8 Å². The summed E-state index contributed by atoms with van der Waals surface area (Å²) in [6, 6.07) is 13.1. The number of pyridine rings is 2. The Morgan fingerprint density at radius 2 is 1.26 bits per heavy atom. The van der Waals surface area contributed by atoms with Gasteiger partial charge in [0.25, 0.3) is 0 Å². The molecule has 2 aromatic heterocycles. The van der Waals surface area contributed by atoms with Crippen molar-refractivity contribution in [3.63, 3.8) is 0 Å². The molecule has 2 aromatic carbocycles. The van der Waals surface area contributed by atoms with Crippen LogP contribution in [0, 0.1) is 18.1 Å². The van der Waals surface area contributed by atoms with Crippen molar-refractivity contribution in [1.82, 2.24) is 9.97 Å². The van der Waals surface area contributed by atoms with Gasteiger partial charge >= 0.3 is 0 Å². The van der Waals surface area contributed by atoms with E-state index in [0.717, 1.165) is 17.8 Å². The Hall–Kier alpha value is -1.53. The van der Waals surface area contributed by atoms with Gasteiger partial charge in [-0.05, 0) is 55.6 Å². The van der Waals surface area contributed by atoms with Crippen molar-refractivity contribution in [2.24, 2.45) is 5.92 Å². The monoisotopic (exact) mass is 968 g/mol. The number of hydrogen-bond donors (Lipinski definition) is 0. The van der Waals surface area contributed by atoms with Gasteiger partial charge in [-0.25, -0.2) is 0 Å². The molecule has 43 heavy (non-hydrogen) atoms. The number of rotatable bonds is 7. The maximum Gasteiger partial charge on any atom is 0.0799 e. The van der Waals surface area contributed by atoms with E-state index in [1.807, 2.05) is 12.4 Å². The molecule has 6 heteroatoms. The molecule has 2 heterocycles.